The predicted molar refractivity (Wildman–Crippen MR) is 140 cm³/mol. The monoisotopic (exact) mass is 479 g/mol. The average Bonchev–Trinajstić information content (AvgIpc) is 3.44. The number of hydrogen-bond donors (Lipinski definition) is 3. The fourth-order valence-corrected chi connectivity index (χ4v) is 6.34. The van der Waals surface area contributed by atoms with Gasteiger partial charge in [-0.05, 0) is 99.5 Å². The van der Waals surface area contributed by atoms with Gasteiger partial charge >= 0.3 is 5.97 Å². The quantitative estimate of drug-likeness (QED) is 0.369. The van der Waals surface area contributed by atoms with Crippen molar-refractivity contribution in [3.63, 3.8) is 0 Å². The first-order valence-corrected chi connectivity index (χ1v) is 13.1. The zero-order valence-electron chi connectivity index (χ0n) is 21.6. The van der Waals surface area contributed by atoms with Crippen LogP contribution in [0.4, 0.5) is 0 Å². The Morgan fingerprint density at radius 2 is 1.94 bits per heavy atom. The van der Waals surface area contributed by atoms with E-state index in [0.29, 0.717) is 12.1 Å². The lowest BCUT2D eigenvalue weighted by atomic mass is 9.80. The Balaban J connectivity index is 1.31. The molecule has 35 heavy (non-hydrogen) atoms. The van der Waals surface area contributed by atoms with Crippen molar-refractivity contribution in [2.75, 3.05) is 13.2 Å². The van der Waals surface area contributed by atoms with E-state index in [1.54, 1.807) is 6.07 Å². The van der Waals surface area contributed by atoms with Gasteiger partial charge in [-0.1, -0.05) is 42.8 Å². The van der Waals surface area contributed by atoms with Crippen molar-refractivity contribution < 1.29 is 19.7 Å². The van der Waals surface area contributed by atoms with Gasteiger partial charge in [0.05, 0.1) is 24.4 Å². The average molecular weight is 480 g/mol. The van der Waals surface area contributed by atoms with Gasteiger partial charge in [-0.25, -0.2) is 4.79 Å². The van der Waals surface area contributed by atoms with E-state index < -0.39 is 12.1 Å². The second-order valence-electron chi connectivity index (χ2n) is 11.5. The molecule has 0 radical (unpaired) electrons. The topological polar surface area (TPSA) is 78.8 Å². The third-order valence-electron chi connectivity index (χ3n) is 8.18. The molecule has 0 amide bonds. The second kappa shape index (κ2) is 10.8. The fourth-order valence-electron chi connectivity index (χ4n) is 6.34. The Morgan fingerprint density at radius 3 is 2.60 bits per heavy atom. The van der Waals surface area contributed by atoms with Gasteiger partial charge in [-0.2, -0.15) is 0 Å². The molecule has 2 fully saturated rings. The number of fused-ring (bicyclic) bond motifs is 2. The van der Waals surface area contributed by atoms with Crippen LogP contribution in [0.25, 0.3) is 11.1 Å². The predicted octanol–water partition coefficient (Wildman–Crippen LogP) is 5.99. The summed E-state index contributed by atoms with van der Waals surface area (Å²) < 4.78 is 6.10. The standard InChI is InChI=1S/C30H41NO4/c1-19-13-23(11-12-26(19)29(33)34)28-8-6-5-7-27(28)20(2)35-18-25(32)17-31-30(3,4)16-24-15-21-9-10-22(24)14-21/h5-8,11-13,20-22,24-25,31-32H,9-10,14-18H2,1-4H3,(H,33,34)/t20-,21?,22?,24?,25-/m1/s1. The maximum Gasteiger partial charge on any atom is 0.335 e. The van der Waals surface area contributed by atoms with Gasteiger partial charge in [0.2, 0.25) is 0 Å². The van der Waals surface area contributed by atoms with Gasteiger partial charge in [0, 0.05) is 12.1 Å². The van der Waals surface area contributed by atoms with Crippen LogP contribution in [-0.4, -0.2) is 41.0 Å². The van der Waals surface area contributed by atoms with Crippen LogP contribution in [0.15, 0.2) is 42.5 Å². The van der Waals surface area contributed by atoms with Crippen LogP contribution < -0.4 is 5.32 Å². The molecule has 2 bridgehead atoms. The van der Waals surface area contributed by atoms with Crippen LogP contribution in [-0.2, 0) is 4.74 Å². The van der Waals surface area contributed by atoms with E-state index in [1.807, 2.05) is 50.2 Å². The van der Waals surface area contributed by atoms with Gasteiger partial charge in [-0.15, -0.1) is 0 Å². The lowest BCUT2D eigenvalue weighted by molar-refractivity contribution is -0.00459. The van der Waals surface area contributed by atoms with Crippen LogP contribution >= 0.6 is 0 Å². The summed E-state index contributed by atoms with van der Waals surface area (Å²) in [6, 6.07) is 13.4. The Bertz CT molecular complexity index is 1030. The van der Waals surface area contributed by atoms with E-state index in [-0.39, 0.29) is 18.2 Å². The van der Waals surface area contributed by atoms with Crippen molar-refractivity contribution in [1.82, 2.24) is 5.32 Å². The number of benzene rings is 2. The molecule has 2 aromatic rings. The van der Waals surface area contributed by atoms with Crippen molar-refractivity contribution in [1.29, 1.82) is 0 Å². The van der Waals surface area contributed by atoms with Crippen LogP contribution in [0.2, 0.25) is 0 Å². The van der Waals surface area contributed by atoms with Crippen LogP contribution in [0, 0.1) is 24.7 Å². The highest BCUT2D eigenvalue weighted by molar-refractivity contribution is 5.90. The van der Waals surface area contributed by atoms with Gasteiger partial charge in [0.1, 0.15) is 0 Å². The number of rotatable bonds is 11. The Morgan fingerprint density at radius 1 is 1.17 bits per heavy atom. The third-order valence-corrected chi connectivity index (χ3v) is 8.18. The molecule has 190 valence electrons. The summed E-state index contributed by atoms with van der Waals surface area (Å²) >= 11 is 0. The number of aromatic carboxylic acids is 1. The summed E-state index contributed by atoms with van der Waals surface area (Å²) in [6.07, 6.45) is 6.04. The third kappa shape index (κ3) is 6.32. The minimum Gasteiger partial charge on any atom is -0.478 e. The molecule has 5 heteroatoms. The van der Waals surface area contributed by atoms with Crippen molar-refractivity contribution in [3.05, 3.63) is 59.2 Å². The maximum absolute atomic E-state index is 11.4. The summed E-state index contributed by atoms with van der Waals surface area (Å²) in [5, 5.41) is 23.6. The Labute approximate surface area is 209 Å². The number of aryl methyl sites for hydroxylation is 1. The number of nitrogens with one attached hydrogen (secondary N) is 1. The van der Waals surface area contributed by atoms with E-state index in [2.05, 4.69) is 19.2 Å². The number of carboxylic acids is 1. The van der Waals surface area contributed by atoms with E-state index in [9.17, 15) is 15.0 Å². The van der Waals surface area contributed by atoms with E-state index in [1.165, 1.54) is 32.1 Å². The summed E-state index contributed by atoms with van der Waals surface area (Å²) in [7, 11) is 0. The number of carbonyl (C=O) groups is 1. The molecule has 4 rings (SSSR count). The number of aliphatic hydroxyl groups is 1. The highest BCUT2D eigenvalue weighted by Gasteiger charge is 2.41. The SMILES string of the molecule is Cc1cc(-c2ccccc2[C@@H](C)OC[C@H](O)CNC(C)(C)CC2CC3CCC2C3)ccc1C(=O)O. The number of aliphatic hydroxyl groups excluding tert-OH is 1. The molecule has 3 N–H and O–H groups in total. The highest BCUT2D eigenvalue weighted by atomic mass is 16.5. The molecule has 2 saturated carbocycles. The summed E-state index contributed by atoms with van der Waals surface area (Å²) in [4.78, 5) is 11.4. The van der Waals surface area contributed by atoms with Crippen molar-refractivity contribution in [2.45, 2.75) is 77.5 Å². The highest BCUT2D eigenvalue weighted by Crippen LogP contribution is 2.50. The molecular weight excluding hydrogens is 438 g/mol. The van der Waals surface area contributed by atoms with Crippen molar-refractivity contribution >= 4 is 5.97 Å². The fraction of sp³-hybridized carbons (Fsp3) is 0.567. The molecule has 2 aliphatic rings. The largest absolute Gasteiger partial charge is 0.478 e. The molecule has 2 aliphatic carbocycles. The first kappa shape index (κ1) is 25.9. The Hall–Kier alpha value is -2.21. The van der Waals surface area contributed by atoms with Crippen molar-refractivity contribution in [2.24, 2.45) is 17.8 Å². The van der Waals surface area contributed by atoms with E-state index in [4.69, 9.17) is 4.74 Å². The minimum absolute atomic E-state index is 0.00825. The normalized spacial score (nSPS) is 23.4. The first-order chi connectivity index (χ1) is 16.6. The van der Waals surface area contributed by atoms with Crippen LogP contribution in [0.5, 0.6) is 0 Å². The number of hydrogen-bond acceptors (Lipinski definition) is 4. The molecule has 0 spiro atoms. The molecule has 2 aromatic carbocycles. The maximum atomic E-state index is 11.4. The number of ether oxygens (including phenoxy) is 1. The zero-order chi connectivity index (χ0) is 25.2. The number of β-amino-alcohol motifs (C(OH)–C–C–N with tert-alkyl or cyclic N) is 1. The van der Waals surface area contributed by atoms with Crippen LogP contribution in [0.3, 0.4) is 0 Å². The minimum atomic E-state index is -0.916. The summed E-state index contributed by atoms with van der Waals surface area (Å²) in [5.74, 6) is 1.79. The zero-order valence-corrected chi connectivity index (χ0v) is 21.6. The van der Waals surface area contributed by atoms with E-state index in [0.717, 1.165) is 40.0 Å². The number of carboxylic acid groups (broad SMARTS) is 1. The van der Waals surface area contributed by atoms with Gasteiger partial charge in [0.25, 0.3) is 0 Å². The molecule has 5 atom stereocenters. The molecule has 5 nitrogen and oxygen atoms in total. The lowest BCUT2D eigenvalue weighted by Gasteiger charge is -2.34. The molecule has 0 heterocycles. The molecular formula is C30H41NO4. The molecule has 3 unspecified atom stereocenters. The second-order valence-corrected chi connectivity index (χ2v) is 11.5. The molecule has 0 saturated heterocycles. The van der Waals surface area contributed by atoms with Crippen LogP contribution in [0.1, 0.15) is 80.5 Å². The van der Waals surface area contributed by atoms with Crippen molar-refractivity contribution in [3.8, 4) is 11.1 Å². The smallest absolute Gasteiger partial charge is 0.335 e. The lowest BCUT2D eigenvalue weighted by Crippen LogP contribution is -2.46. The first-order valence-electron chi connectivity index (χ1n) is 13.1. The summed E-state index contributed by atoms with van der Waals surface area (Å²) in [6.45, 7) is 9.09. The molecule has 0 aromatic heterocycles. The summed E-state index contributed by atoms with van der Waals surface area (Å²) in [5.41, 5.74) is 4.05. The Kier molecular flexibility index (Phi) is 7.99. The van der Waals surface area contributed by atoms with Gasteiger partial charge < -0.3 is 20.3 Å². The molecule has 0 aliphatic heterocycles. The van der Waals surface area contributed by atoms with E-state index >= 15 is 0 Å². The van der Waals surface area contributed by atoms with Gasteiger partial charge in [0.15, 0.2) is 0 Å². The van der Waals surface area contributed by atoms with Gasteiger partial charge in [-0.3, -0.25) is 0 Å².